The van der Waals surface area contributed by atoms with Crippen LogP contribution in [0.1, 0.15) is 51.8 Å². The van der Waals surface area contributed by atoms with Crippen LogP contribution >= 0.6 is 35.0 Å². The lowest BCUT2D eigenvalue weighted by atomic mass is 9.85. The molecule has 0 radical (unpaired) electrons. The number of hydrogen-bond donors (Lipinski definition) is 2. The number of fused-ring (bicyclic) bond motifs is 3. The minimum atomic E-state index is -4.69. The fourth-order valence-corrected chi connectivity index (χ4v) is 12.4. The summed E-state index contributed by atoms with van der Waals surface area (Å²) in [5.74, 6) is -3.08. The monoisotopic (exact) mass is 884 g/mol. The number of aliphatic carboxylic acids is 1. The largest absolute Gasteiger partial charge is 0.619 e. The van der Waals surface area contributed by atoms with Gasteiger partial charge in [-0.2, -0.15) is 9.04 Å². The highest BCUT2D eigenvalue weighted by molar-refractivity contribution is 8.02. The van der Waals surface area contributed by atoms with Gasteiger partial charge in [0, 0.05) is 35.9 Å². The van der Waals surface area contributed by atoms with E-state index >= 15 is 0 Å². The number of nitrogens with one attached hydrogen (secondary N) is 1. The molecular formula is C41H42Cl2N4O10S2. The molecule has 2 N–H and O–H groups in total. The molecule has 312 valence electrons. The molecule has 8 rings (SSSR count). The first-order chi connectivity index (χ1) is 28.3. The third kappa shape index (κ3) is 8.43. The van der Waals surface area contributed by atoms with Crippen molar-refractivity contribution in [1.29, 1.82) is 0 Å². The van der Waals surface area contributed by atoms with E-state index in [1.165, 1.54) is 32.4 Å². The van der Waals surface area contributed by atoms with Crippen molar-refractivity contribution < 1.29 is 46.8 Å². The lowest BCUT2D eigenvalue weighted by molar-refractivity contribution is -0.605. The number of aromatic nitrogens is 1. The number of sulfonamides is 1. The molecule has 5 heterocycles. The van der Waals surface area contributed by atoms with Crippen LogP contribution in [0.15, 0.2) is 90.1 Å². The highest BCUT2D eigenvalue weighted by atomic mass is 35.5. The minimum absolute atomic E-state index is 0.0453. The van der Waals surface area contributed by atoms with Gasteiger partial charge in [-0.1, -0.05) is 65.7 Å². The molecule has 4 aliphatic heterocycles. The number of carboxylic acid groups (broad SMARTS) is 1. The van der Waals surface area contributed by atoms with E-state index in [1.54, 1.807) is 48.5 Å². The van der Waals surface area contributed by atoms with E-state index < -0.39 is 44.7 Å². The summed E-state index contributed by atoms with van der Waals surface area (Å²) in [4.78, 5) is 41.2. The number of benzene rings is 3. The number of piperidine rings is 3. The number of pyridine rings is 1. The SMILES string of the molecule is COc1ccc([C@H](Cc2c(Cl)c[n+]([O-])cc2Cl)[C@@]2(C(=O)O)SCCN2S(=O)(=O)c2cccc(C(=O)NC(C(=O)O[C@H]3CN4CCC3CC4)c3ccccc3)c2)cc1OC. The van der Waals surface area contributed by atoms with Crippen LogP contribution in [0.5, 0.6) is 11.5 Å². The van der Waals surface area contributed by atoms with Crippen molar-refractivity contribution in [1.82, 2.24) is 14.5 Å². The van der Waals surface area contributed by atoms with Crippen molar-refractivity contribution in [2.75, 3.05) is 46.2 Å². The third-order valence-electron chi connectivity index (χ3n) is 11.2. The fourth-order valence-electron chi connectivity index (χ4n) is 8.22. The molecule has 3 aromatic carbocycles. The summed E-state index contributed by atoms with van der Waals surface area (Å²) in [6.07, 6.45) is 3.48. The Bertz CT molecular complexity index is 2330. The van der Waals surface area contributed by atoms with Gasteiger partial charge in [0.2, 0.25) is 10.0 Å². The molecule has 1 unspecified atom stereocenters. The van der Waals surface area contributed by atoms with Crippen LogP contribution in [0.2, 0.25) is 10.0 Å². The Morgan fingerprint density at radius 3 is 2.27 bits per heavy atom. The summed E-state index contributed by atoms with van der Waals surface area (Å²) in [6, 6.07) is 17.4. The van der Waals surface area contributed by atoms with Crippen LogP contribution < -0.4 is 19.5 Å². The van der Waals surface area contributed by atoms with Crippen LogP contribution in [0, 0.1) is 11.1 Å². The number of carboxylic acids is 1. The standard InChI is InChI=1S/C41H42Cl2N4O10S2/c1-55-34-12-11-27(20-35(34)56-2)31(21-30-32(42)22-46(52)23-33(30)43)41(40(50)51)47(17-18-58-41)59(53,54)29-10-6-9-28(19-29)38(48)44-37(26-7-4-3-5-8-26)39(49)57-36-24-45-15-13-25(36)14-16-45/h3-12,19-20,22-23,25,31,36-37H,13-18,21,24H2,1-2H3,(H,44,48)(H,50,51)/t31-,36-,37?,41-/m0/s1. The maximum Gasteiger partial charge on any atom is 0.336 e. The zero-order valence-corrected chi connectivity index (χ0v) is 35.2. The van der Waals surface area contributed by atoms with Gasteiger partial charge in [0.15, 0.2) is 34.8 Å². The van der Waals surface area contributed by atoms with E-state index in [4.69, 9.17) is 37.4 Å². The van der Waals surface area contributed by atoms with Crippen molar-refractivity contribution in [2.45, 2.75) is 47.1 Å². The van der Waals surface area contributed by atoms with Gasteiger partial charge >= 0.3 is 11.9 Å². The van der Waals surface area contributed by atoms with Crippen molar-refractivity contribution in [3.05, 3.63) is 123 Å². The Balaban J connectivity index is 1.23. The highest BCUT2D eigenvalue weighted by Crippen LogP contribution is 2.52. The van der Waals surface area contributed by atoms with E-state index in [0.717, 1.165) is 60.5 Å². The predicted octanol–water partition coefficient (Wildman–Crippen LogP) is 5.30. The van der Waals surface area contributed by atoms with Gasteiger partial charge in [-0.3, -0.25) is 9.69 Å². The average Bonchev–Trinajstić information content (AvgIpc) is 3.70. The molecule has 14 nitrogen and oxygen atoms in total. The zero-order chi connectivity index (χ0) is 42.1. The van der Waals surface area contributed by atoms with Crippen molar-refractivity contribution in [2.24, 2.45) is 5.92 Å². The number of amides is 1. The first-order valence-electron chi connectivity index (χ1n) is 18.8. The van der Waals surface area contributed by atoms with Gasteiger partial charge in [0.1, 0.15) is 16.1 Å². The molecule has 0 spiro atoms. The Morgan fingerprint density at radius 1 is 0.949 bits per heavy atom. The minimum Gasteiger partial charge on any atom is -0.619 e. The number of methoxy groups -OCH3 is 2. The molecule has 4 saturated heterocycles. The van der Waals surface area contributed by atoms with Gasteiger partial charge in [0.25, 0.3) is 5.91 Å². The Hall–Kier alpha value is -4.58. The molecule has 4 atom stereocenters. The van der Waals surface area contributed by atoms with Gasteiger partial charge in [-0.05, 0) is 79.7 Å². The topological polar surface area (TPSA) is 179 Å². The summed E-state index contributed by atoms with van der Waals surface area (Å²) in [6.45, 7) is 2.32. The molecule has 1 amide bonds. The van der Waals surface area contributed by atoms with Crippen LogP contribution in [-0.2, 0) is 30.8 Å². The highest BCUT2D eigenvalue weighted by Gasteiger charge is 2.59. The van der Waals surface area contributed by atoms with Crippen molar-refractivity contribution in [3.63, 3.8) is 0 Å². The number of nitrogens with zero attached hydrogens (tertiary/aromatic N) is 3. The maximum absolute atomic E-state index is 14.9. The molecule has 0 aliphatic carbocycles. The quantitative estimate of drug-likeness (QED) is 0.0951. The first kappa shape index (κ1) is 42.5. The lowest BCUT2D eigenvalue weighted by Gasteiger charge is -2.44. The van der Waals surface area contributed by atoms with Gasteiger partial charge < -0.3 is 29.8 Å². The Morgan fingerprint density at radius 2 is 1.64 bits per heavy atom. The number of carbonyl (C=O) groups excluding carboxylic acids is 2. The molecule has 4 aliphatic rings. The summed E-state index contributed by atoms with van der Waals surface area (Å²) in [7, 11) is -1.84. The second-order valence-electron chi connectivity index (χ2n) is 14.5. The molecule has 1 aromatic heterocycles. The summed E-state index contributed by atoms with van der Waals surface area (Å²) >= 11 is 14.0. The summed E-state index contributed by atoms with van der Waals surface area (Å²) < 4.78 is 48.0. The smallest absolute Gasteiger partial charge is 0.336 e. The van der Waals surface area contributed by atoms with Gasteiger partial charge in [-0.25, -0.2) is 18.0 Å². The molecule has 4 aromatic rings. The molecule has 2 bridgehead atoms. The Labute approximate surface area is 356 Å². The van der Waals surface area contributed by atoms with E-state index in [9.17, 15) is 33.1 Å². The first-order valence-corrected chi connectivity index (χ1v) is 22.0. The average molecular weight is 886 g/mol. The van der Waals surface area contributed by atoms with Gasteiger partial charge in [-0.15, -0.1) is 11.8 Å². The third-order valence-corrected chi connectivity index (χ3v) is 15.4. The zero-order valence-electron chi connectivity index (χ0n) is 32.1. The lowest BCUT2D eigenvalue weighted by Crippen LogP contribution is -2.55. The van der Waals surface area contributed by atoms with Crippen LogP contribution in [0.3, 0.4) is 0 Å². The predicted molar refractivity (Wildman–Crippen MR) is 220 cm³/mol. The van der Waals surface area contributed by atoms with Gasteiger partial charge in [0.05, 0.1) is 19.1 Å². The van der Waals surface area contributed by atoms with E-state index in [0.29, 0.717) is 28.2 Å². The number of halogens is 2. The number of rotatable bonds is 14. The molecule has 0 saturated carbocycles. The maximum atomic E-state index is 14.9. The molecular weight excluding hydrogens is 844 g/mol. The van der Waals surface area contributed by atoms with Crippen molar-refractivity contribution >= 4 is 62.8 Å². The van der Waals surface area contributed by atoms with Crippen LogP contribution in [-0.4, -0.2) is 97.7 Å². The number of ether oxygens (including phenoxy) is 3. The number of carbonyl (C=O) groups is 3. The van der Waals surface area contributed by atoms with Crippen LogP contribution in [0.25, 0.3) is 0 Å². The molecule has 4 fully saturated rings. The molecule has 18 heteroatoms. The van der Waals surface area contributed by atoms with Crippen molar-refractivity contribution in [3.8, 4) is 11.5 Å². The summed E-state index contributed by atoms with van der Waals surface area (Å²) in [5, 5.41) is 26.0. The number of thioether (sulfide) groups is 1. The number of esters is 1. The second-order valence-corrected chi connectivity index (χ2v) is 18.5. The second kappa shape index (κ2) is 17.6. The number of hydrogen-bond acceptors (Lipinski definition) is 11. The van der Waals surface area contributed by atoms with Crippen LogP contribution in [0.4, 0.5) is 0 Å². The van der Waals surface area contributed by atoms with E-state index in [2.05, 4.69) is 10.2 Å². The van der Waals surface area contributed by atoms with E-state index in [-0.39, 0.29) is 62.6 Å². The fraction of sp³-hybridized carbons (Fsp3) is 0.366. The molecule has 59 heavy (non-hydrogen) atoms. The Kier molecular flexibility index (Phi) is 12.7. The summed E-state index contributed by atoms with van der Waals surface area (Å²) in [5.41, 5.74) is 0.988. The normalized spacial score (nSPS) is 22.6. The van der Waals surface area contributed by atoms with E-state index in [1.807, 2.05) is 0 Å².